The number of nitrogens with zero attached hydrogens (tertiary/aromatic N) is 1. The molecule has 2 rings (SSSR count). The van der Waals surface area contributed by atoms with Gasteiger partial charge in [-0.3, -0.25) is 0 Å². The Morgan fingerprint density at radius 3 is 2.65 bits per heavy atom. The van der Waals surface area contributed by atoms with Crippen molar-refractivity contribution in [3.8, 4) is 5.75 Å². The molecule has 0 fully saturated rings. The summed E-state index contributed by atoms with van der Waals surface area (Å²) in [5, 5.41) is 0. The van der Waals surface area contributed by atoms with Gasteiger partial charge in [-0.1, -0.05) is 13.8 Å². The summed E-state index contributed by atoms with van der Waals surface area (Å²) in [6.07, 6.45) is 0. The quantitative estimate of drug-likeness (QED) is 0.898. The third-order valence-electron chi connectivity index (χ3n) is 2.38. The van der Waals surface area contributed by atoms with E-state index in [4.69, 9.17) is 10.2 Å². The predicted molar refractivity (Wildman–Crippen MR) is 59.1 cm³/mol. The molecule has 0 saturated heterocycles. The molecule has 92 valence electrons. The predicted octanol–water partition coefficient (Wildman–Crippen LogP) is 3.13. The summed E-state index contributed by atoms with van der Waals surface area (Å²) in [6, 6.07) is 3.20. The summed E-state index contributed by atoms with van der Waals surface area (Å²) in [7, 11) is 0. The number of halogens is 2. The molecule has 1 heterocycles. The average molecular weight is 242 g/mol. The Balaban J connectivity index is 2.60. The molecule has 2 N–H and O–H groups in total. The molecule has 4 nitrogen and oxygen atoms in total. The van der Waals surface area contributed by atoms with Crippen LogP contribution in [0.5, 0.6) is 5.75 Å². The normalized spacial score (nSPS) is 11.6. The van der Waals surface area contributed by atoms with Crippen LogP contribution in [0, 0.1) is 0 Å². The number of fused-ring (bicyclic) bond motifs is 1. The highest BCUT2D eigenvalue weighted by Crippen LogP contribution is 2.32. The first-order chi connectivity index (χ1) is 7.97. The van der Waals surface area contributed by atoms with Crippen LogP contribution >= 0.6 is 0 Å². The Kier molecular flexibility index (Phi) is 2.87. The van der Waals surface area contributed by atoms with Crippen molar-refractivity contribution >= 4 is 17.1 Å². The number of rotatable bonds is 3. The van der Waals surface area contributed by atoms with Crippen molar-refractivity contribution in [3.05, 3.63) is 17.7 Å². The zero-order valence-corrected chi connectivity index (χ0v) is 9.41. The van der Waals surface area contributed by atoms with Gasteiger partial charge in [0.05, 0.1) is 0 Å². The molecule has 17 heavy (non-hydrogen) atoms. The average Bonchev–Trinajstić information content (AvgIpc) is 2.57. The maximum Gasteiger partial charge on any atom is 0.387 e. The zero-order chi connectivity index (χ0) is 12.6. The highest BCUT2D eigenvalue weighted by molar-refractivity contribution is 5.81. The van der Waals surface area contributed by atoms with Gasteiger partial charge in [-0.25, -0.2) is 0 Å². The summed E-state index contributed by atoms with van der Waals surface area (Å²) >= 11 is 0. The molecule has 0 atom stereocenters. The fraction of sp³-hybridized carbons (Fsp3) is 0.364. The van der Waals surface area contributed by atoms with E-state index in [1.165, 1.54) is 6.07 Å². The summed E-state index contributed by atoms with van der Waals surface area (Å²) in [4.78, 5) is 3.91. The second kappa shape index (κ2) is 4.20. The maximum absolute atomic E-state index is 12.3. The van der Waals surface area contributed by atoms with Gasteiger partial charge in [0, 0.05) is 0 Å². The van der Waals surface area contributed by atoms with E-state index in [-0.39, 0.29) is 23.3 Å². The van der Waals surface area contributed by atoms with Crippen molar-refractivity contribution in [2.75, 3.05) is 5.73 Å². The number of anilines is 1. The fourth-order valence-corrected chi connectivity index (χ4v) is 1.56. The molecule has 0 bridgehead atoms. The van der Waals surface area contributed by atoms with Gasteiger partial charge in [0.15, 0.2) is 11.3 Å². The minimum absolute atomic E-state index is 0.0367. The molecule has 0 aliphatic rings. The number of nitrogen functional groups attached to an aromatic ring is 1. The number of hydrogen-bond acceptors (Lipinski definition) is 4. The molecule has 0 radical (unpaired) electrons. The summed E-state index contributed by atoms with van der Waals surface area (Å²) in [5.41, 5.74) is 6.80. The Hall–Kier alpha value is -1.85. The number of alkyl halides is 2. The van der Waals surface area contributed by atoms with E-state index in [1.807, 2.05) is 13.8 Å². The van der Waals surface area contributed by atoms with E-state index in [2.05, 4.69) is 9.72 Å². The van der Waals surface area contributed by atoms with Crippen LogP contribution in [0.25, 0.3) is 11.1 Å². The van der Waals surface area contributed by atoms with E-state index >= 15 is 0 Å². The van der Waals surface area contributed by atoms with Gasteiger partial charge in [0.2, 0.25) is 0 Å². The fourth-order valence-electron chi connectivity index (χ4n) is 1.56. The lowest BCUT2D eigenvalue weighted by atomic mass is 10.0. The Bertz CT molecular complexity index is 537. The molecule has 0 aliphatic heterocycles. The number of aromatic nitrogens is 1. The maximum atomic E-state index is 12.3. The lowest BCUT2D eigenvalue weighted by molar-refractivity contribution is -0.0494. The monoisotopic (exact) mass is 242 g/mol. The molecule has 0 saturated carbocycles. The molecule has 1 aromatic carbocycles. The smallest absolute Gasteiger partial charge is 0.387 e. The van der Waals surface area contributed by atoms with Crippen LogP contribution in [0.3, 0.4) is 0 Å². The van der Waals surface area contributed by atoms with Crippen molar-refractivity contribution < 1.29 is 17.9 Å². The minimum Gasteiger partial charge on any atom is -0.431 e. The third kappa shape index (κ3) is 2.30. The van der Waals surface area contributed by atoms with Crippen molar-refractivity contribution in [1.82, 2.24) is 4.98 Å². The molecule has 6 heteroatoms. The molecular weight excluding hydrogens is 230 g/mol. The highest BCUT2D eigenvalue weighted by Gasteiger charge is 2.16. The molecular formula is C11H12F2N2O2. The summed E-state index contributed by atoms with van der Waals surface area (Å²) in [6.45, 7) is 0.972. The first-order valence-corrected chi connectivity index (χ1v) is 5.12. The van der Waals surface area contributed by atoms with E-state index in [1.54, 1.807) is 6.07 Å². The van der Waals surface area contributed by atoms with E-state index < -0.39 is 6.61 Å². The molecule has 0 unspecified atom stereocenters. The lowest BCUT2D eigenvalue weighted by Gasteiger charge is -2.09. The van der Waals surface area contributed by atoms with Gasteiger partial charge in [-0.15, -0.1) is 0 Å². The zero-order valence-electron chi connectivity index (χ0n) is 9.41. The van der Waals surface area contributed by atoms with Crippen molar-refractivity contribution in [2.24, 2.45) is 0 Å². The second-order valence-corrected chi connectivity index (χ2v) is 3.95. The van der Waals surface area contributed by atoms with Crippen LogP contribution < -0.4 is 10.5 Å². The van der Waals surface area contributed by atoms with Gasteiger partial charge in [0.25, 0.3) is 6.01 Å². The molecule has 2 aromatic rings. The van der Waals surface area contributed by atoms with Crippen molar-refractivity contribution in [2.45, 2.75) is 26.4 Å². The van der Waals surface area contributed by atoms with Gasteiger partial charge < -0.3 is 14.9 Å². The summed E-state index contributed by atoms with van der Waals surface area (Å²) < 4.78 is 34.0. The van der Waals surface area contributed by atoms with Gasteiger partial charge >= 0.3 is 6.61 Å². The topological polar surface area (TPSA) is 61.3 Å². The van der Waals surface area contributed by atoms with Crippen LogP contribution in [0.2, 0.25) is 0 Å². The Morgan fingerprint density at radius 1 is 1.35 bits per heavy atom. The van der Waals surface area contributed by atoms with E-state index in [9.17, 15) is 8.78 Å². The highest BCUT2D eigenvalue weighted by atomic mass is 19.3. The van der Waals surface area contributed by atoms with Crippen LogP contribution in [0.15, 0.2) is 16.5 Å². The number of benzene rings is 1. The Morgan fingerprint density at radius 2 is 2.06 bits per heavy atom. The largest absolute Gasteiger partial charge is 0.431 e. The van der Waals surface area contributed by atoms with Gasteiger partial charge in [-0.2, -0.15) is 13.8 Å². The standard InChI is InChI=1S/C11H12F2N2O2/c1-5(2)6-3-7-9(17-11(14)15-7)8(4-6)16-10(12)13/h3-5,10H,1-2H3,(H2,14,15). The third-order valence-corrected chi connectivity index (χ3v) is 2.38. The molecule has 0 aliphatic carbocycles. The number of hydrogen-bond donors (Lipinski definition) is 1. The SMILES string of the molecule is CC(C)c1cc(OC(F)F)c2oc(N)nc2c1. The first kappa shape index (κ1) is 11.6. The van der Waals surface area contributed by atoms with Crippen molar-refractivity contribution in [1.29, 1.82) is 0 Å². The van der Waals surface area contributed by atoms with E-state index in [0.29, 0.717) is 5.52 Å². The Labute approximate surface area is 96.4 Å². The minimum atomic E-state index is -2.91. The van der Waals surface area contributed by atoms with Crippen molar-refractivity contribution in [3.63, 3.8) is 0 Å². The number of ether oxygens (including phenoxy) is 1. The first-order valence-electron chi connectivity index (χ1n) is 5.12. The van der Waals surface area contributed by atoms with Gasteiger partial charge in [0.1, 0.15) is 5.52 Å². The van der Waals surface area contributed by atoms with E-state index in [0.717, 1.165) is 5.56 Å². The molecule has 0 amide bonds. The number of oxazole rings is 1. The second-order valence-electron chi connectivity index (χ2n) is 3.95. The van der Waals surface area contributed by atoms with Crippen LogP contribution in [0.4, 0.5) is 14.8 Å². The molecule has 1 aromatic heterocycles. The summed E-state index contributed by atoms with van der Waals surface area (Å²) in [5.74, 6) is 0.128. The lowest BCUT2D eigenvalue weighted by Crippen LogP contribution is -2.03. The number of nitrogens with two attached hydrogens (primary N) is 1. The van der Waals surface area contributed by atoms with Crippen LogP contribution in [-0.4, -0.2) is 11.6 Å². The van der Waals surface area contributed by atoms with Crippen LogP contribution in [-0.2, 0) is 0 Å². The molecule has 0 spiro atoms. The van der Waals surface area contributed by atoms with Gasteiger partial charge in [-0.05, 0) is 23.6 Å². The van der Waals surface area contributed by atoms with Crippen LogP contribution in [0.1, 0.15) is 25.3 Å².